The van der Waals surface area contributed by atoms with Crippen LogP contribution in [-0.4, -0.2) is 28.7 Å². The molecule has 0 fully saturated rings. The van der Waals surface area contributed by atoms with Crippen molar-refractivity contribution >= 4 is 11.6 Å². The van der Waals surface area contributed by atoms with Gasteiger partial charge >= 0.3 is 0 Å². The van der Waals surface area contributed by atoms with E-state index in [-0.39, 0.29) is 11.8 Å². The van der Waals surface area contributed by atoms with Gasteiger partial charge in [-0.05, 0) is 44.0 Å². The number of aromatic nitrogens is 2. The van der Waals surface area contributed by atoms with Crippen LogP contribution in [0.5, 0.6) is 0 Å². The molecule has 2 unspecified atom stereocenters. The number of carbonyl (C=O) groups is 1. The minimum absolute atomic E-state index is 0.107. The Morgan fingerprint density at radius 1 is 1.30 bits per heavy atom. The van der Waals surface area contributed by atoms with E-state index in [4.69, 9.17) is 4.74 Å². The maximum atomic E-state index is 12.3. The lowest BCUT2D eigenvalue weighted by Gasteiger charge is -2.20. The van der Waals surface area contributed by atoms with Crippen LogP contribution in [0.15, 0.2) is 30.6 Å². The van der Waals surface area contributed by atoms with Gasteiger partial charge in [0, 0.05) is 24.2 Å². The number of amides is 1. The van der Waals surface area contributed by atoms with Crippen molar-refractivity contribution in [3.63, 3.8) is 0 Å². The number of hydrogen-bond donors (Lipinski definition) is 1. The number of methoxy groups -OCH3 is 1. The first-order chi connectivity index (χ1) is 11.0. The van der Waals surface area contributed by atoms with Gasteiger partial charge in [0.1, 0.15) is 6.10 Å². The lowest BCUT2D eigenvalue weighted by atomic mass is 10.0. The van der Waals surface area contributed by atoms with E-state index >= 15 is 0 Å². The zero-order chi connectivity index (χ0) is 17.0. The number of carbonyl (C=O) groups excluding carboxylic acids is 1. The molecule has 0 saturated heterocycles. The molecule has 2 atom stereocenters. The highest BCUT2D eigenvalue weighted by Gasteiger charge is 2.23. The van der Waals surface area contributed by atoms with Crippen LogP contribution in [0.2, 0.25) is 0 Å². The molecular weight excluding hydrogens is 290 g/mol. The normalized spacial score (nSPS) is 13.6. The van der Waals surface area contributed by atoms with E-state index in [1.807, 2.05) is 62.9 Å². The third kappa shape index (κ3) is 3.79. The van der Waals surface area contributed by atoms with Crippen LogP contribution in [0.4, 0.5) is 5.69 Å². The number of anilines is 1. The fraction of sp³-hybridized carbons (Fsp3) is 0.444. The van der Waals surface area contributed by atoms with Crippen molar-refractivity contribution in [3.05, 3.63) is 42.0 Å². The number of rotatable bonds is 6. The summed E-state index contributed by atoms with van der Waals surface area (Å²) in [5.41, 5.74) is 3.90. The second kappa shape index (κ2) is 7.42. The van der Waals surface area contributed by atoms with Crippen molar-refractivity contribution in [1.82, 2.24) is 9.55 Å². The average Bonchev–Trinajstić information content (AvgIpc) is 2.88. The Kier molecular flexibility index (Phi) is 5.55. The van der Waals surface area contributed by atoms with Crippen molar-refractivity contribution in [1.29, 1.82) is 0 Å². The molecule has 1 amide bonds. The third-order valence-electron chi connectivity index (χ3n) is 4.34. The van der Waals surface area contributed by atoms with E-state index in [1.165, 1.54) is 0 Å². The lowest BCUT2D eigenvalue weighted by Crippen LogP contribution is -2.34. The molecule has 0 aliphatic rings. The summed E-state index contributed by atoms with van der Waals surface area (Å²) in [6.45, 7) is 8.09. The maximum absolute atomic E-state index is 12.3. The first kappa shape index (κ1) is 17.2. The Balaban J connectivity index is 2.11. The first-order valence-electron chi connectivity index (χ1n) is 7.92. The van der Waals surface area contributed by atoms with Crippen molar-refractivity contribution < 1.29 is 9.53 Å². The first-order valence-corrected chi connectivity index (χ1v) is 7.92. The Morgan fingerprint density at radius 3 is 2.43 bits per heavy atom. The van der Waals surface area contributed by atoms with E-state index in [2.05, 4.69) is 10.3 Å². The van der Waals surface area contributed by atoms with Gasteiger partial charge in [0.2, 0.25) is 0 Å². The summed E-state index contributed by atoms with van der Waals surface area (Å²) >= 11 is 0. The fourth-order valence-corrected chi connectivity index (χ4v) is 2.49. The number of aryl methyl sites for hydroxylation is 1. The van der Waals surface area contributed by atoms with Gasteiger partial charge in [-0.2, -0.15) is 0 Å². The van der Waals surface area contributed by atoms with Crippen LogP contribution in [0, 0.1) is 19.8 Å². The summed E-state index contributed by atoms with van der Waals surface area (Å²) in [4.78, 5) is 16.6. The van der Waals surface area contributed by atoms with Gasteiger partial charge in [0.25, 0.3) is 5.91 Å². The Bertz CT molecular complexity index is 661. The van der Waals surface area contributed by atoms with Crippen LogP contribution < -0.4 is 5.32 Å². The largest absolute Gasteiger partial charge is 0.371 e. The number of benzene rings is 1. The number of imidazole rings is 1. The molecule has 2 aromatic rings. The van der Waals surface area contributed by atoms with E-state index in [1.54, 1.807) is 7.11 Å². The quantitative estimate of drug-likeness (QED) is 0.888. The summed E-state index contributed by atoms with van der Waals surface area (Å²) in [7, 11) is 1.57. The van der Waals surface area contributed by atoms with Crippen molar-refractivity contribution in [2.45, 2.75) is 40.2 Å². The van der Waals surface area contributed by atoms with Gasteiger partial charge < -0.3 is 14.6 Å². The molecule has 0 radical (unpaired) electrons. The molecule has 5 nitrogen and oxygen atoms in total. The predicted octanol–water partition coefficient (Wildman–Crippen LogP) is 3.49. The summed E-state index contributed by atoms with van der Waals surface area (Å²) in [6.07, 6.45) is 2.27. The highest BCUT2D eigenvalue weighted by Crippen LogP contribution is 2.18. The molecule has 5 heteroatoms. The Hall–Kier alpha value is -2.14. The minimum Gasteiger partial charge on any atom is -0.371 e. The highest BCUT2D eigenvalue weighted by molar-refractivity contribution is 5.94. The van der Waals surface area contributed by atoms with Gasteiger partial charge in [-0.3, -0.25) is 4.79 Å². The topological polar surface area (TPSA) is 56.1 Å². The zero-order valence-corrected chi connectivity index (χ0v) is 14.5. The molecule has 0 spiro atoms. The maximum Gasteiger partial charge on any atom is 0.253 e. The molecule has 2 rings (SSSR count). The van der Waals surface area contributed by atoms with E-state index in [9.17, 15) is 4.79 Å². The second-order valence-electron chi connectivity index (χ2n) is 5.86. The number of hydrogen-bond acceptors (Lipinski definition) is 3. The van der Waals surface area contributed by atoms with Gasteiger partial charge in [-0.1, -0.05) is 20.3 Å². The van der Waals surface area contributed by atoms with Gasteiger partial charge in [-0.15, -0.1) is 0 Å². The predicted molar refractivity (Wildman–Crippen MR) is 91.9 cm³/mol. The van der Waals surface area contributed by atoms with E-state index in [0.29, 0.717) is 0 Å². The van der Waals surface area contributed by atoms with Crippen LogP contribution in [0.1, 0.15) is 31.7 Å². The Morgan fingerprint density at radius 2 is 1.96 bits per heavy atom. The highest BCUT2D eigenvalue weighted by atomic mass is 16.5. The molecule has 1 N–H and O–H groups in total. The molecule has 1 aromatic carbocycles. The molecule has 124 valence electrons. The van der Waals surface area contributed by atoms with E-state index < -0.39 is 6.10 Å². The van der Waals surface area contributed by atoms with Crippen LogP contribution >= 0.6 is 0 Å². The Labute approximate surface area is 137 Å². The summed E-state index contributed by atoms with van der Waals surface area (Å²) in [5, 5.41) is 2.92. The van der Waals surface area contributed by atoms with Gasteiger partial charge in [-0.25, -0.2) is 4.98 Å². The molecule has 23 heavy (non-hydrogen) atoms. The molecular formula is C18H25N3O2. The standard InChI is InChI=1S/C18H25N3O2/c1-6-12(2)17(23-5)18(22)20-15-7-9-16(10-8-15)21-11-19-13(3)14(21)4/h7-12,17H,6H2,1-5H3,(H,20,22). The number of nitrogens with zero attached hydrogens (tertiary/aromatic N) is 2. The minimum atomic E-state index is -0.432. The van der Waals surface area contributed by atoms with Crippen LogP contribution in [0.25, 0.3) is 5.69 Å². The SMILES string of the molecule is CCC(C)C(OC)C(=O)Nc1ccc(-n2cnc(C)c2C)cc1. The fourth-order valence-electron chi connectivity index (χ4n) is 2.49. The number of ether oxygens (including phenoxy) is 1. The molecule has 0 saturated carbocycles. The molecule has 0 aliphatic carbocycles. The van der Waals surface area contributed by atoms with Crippen LogP contribution in [-0.2, 0) is 9.53 Å². The average molecular weight is 315 g/mol. The van der Waals surface area contributed by atoms with E-state index in [0.717, 1.165) is 29.2 Å². The van der Waals surface area contributed by atoms with Crippen molar-refractivity contribution in [2.24, 2.45) is 5.92 Å². The summed E-state index contributed by atoms with van der Waals surface area (Å²) < 4.78 is 7.35. The van der Waals surface area contributed by atoms with Crippen molar-refractivity contribution in [2.75, 3.05) is 12.4 Å². The van der Waals surface area contributed by atoms with Crippen molar-refractivity contribution in [3.8, 4) is 5.69 Å². The number of nitrogens with one attached hydrogen (secondary N) is 1. The second-order valence-corrected chi connectivity index (χ2v) is 5.86. The van der Waals surface area contributed by atoms with Gasteiger partial charge in [0.15, 0.2) is 0 Å². The third-order valence-corrected chi connectivity index (χ3v) is 4.34. The lowest BCUT2D eigenvalue weighted by molar-refractivity contribution is -0.128. The van der Waals surface area contributed by atoms with Crippen LogP contribution in [0.3, 0.4) is 0 Å². The smallest absolute Gasteiger partial charge is 0.253 e. The molecule has 0 bridgehead atoms. The monoisotopic (exact) mass is 315 g/mol. The molecule has 1 heterocycles. The molecule has 0 aliphatic heterocycles. The van der Waals surface area contributed by atoms with Gasteiger partial charge in [0.05, 0.1) is 12.0 Å². The summed E-state index contributed by atoms with van der Waals surface area (Å²) in [6, 6.07) is 7.72. The molecule has 1 aromatic heterocycles. The zero-order valence-electron chi connectivity index (χ0n) is 14.5. The summed E-state index contributed by atoms with van der Waals surface area (Å²) in [5.74, 6) is 0.0695.